The SMILES string of the molecule is Cc1ccc(-n2c(SCc3c(Cl)cccc3Cl)nnc2-c2cccnc2)cc1. The van der Waals surface area contributed by atoms with Gasteiger partial charge in [0.05, 0.1) is 0 Å². The number of nitrogens with zero attached hydrogens (tertiary/aromatic N) is 4. The molecule has 0 bridgehead atoms. The fourth-order valence-electron chi connectivity index (χ4n) is 2.78. The Morgan fingerprint density at radius 2 is 1.68 bits per heavy atom. The van der Waals surface area contributed by atoms with E-state index in [1.54, 1.807) is 24.2 Å². The van der Waals surface area contributed by atoms with Crippen LogP contribution in [0.25, 0.3) is 17.1 Å². The summed E-state index contributed by atoms with van der Waals surface area (Å²) in [7, 11) is 0. The van der Waals surface area contributed by atoms with Gasteiger partial charge in [0.2, 0.25) is 0 Å². The summed E-state index contributed by atoms with van der Waals surface area (Å²) in [6.45, 7) is 2.06. The largest absolute Gasteiger partial charge is 0.270 e. The lowest BCUT2D eigenvalue weighted by Gasteiger charge is -2.11. The summed E-state index contributed by atoms with van der Waals surface area (Å²) in [5, 5.41) is 10.9. The van der Waals surface area contributed by atoms with E-state index in [0.717, 1.165) is 27.8 Å². The van der Waals surface area contributed by atoms with Gasteiger partial charge in [0.1, 0.15) is 0 Å². The molecule has 0 amide bonds. The van der Waals surface area contributed by atoms with Crippen molar-refractivity contribution in [3.63, 3.8) is 0 Å². The zero-order valence-corrected chi connectivity index (χ0v) is 17.3. The molecule has 4 rings (SSSR count). The molecule has 0 spiro atoms. The molecule has 2 aromatic heterocycles. The second-order valence-corrected chi connectivity index (χ2v) is 7.96. The van der Waals surface area contributed by atoms with Crippen LogP contribution in [0.3, 0.4) is 0 Å². The van der Waals surface area contributed by atoms with Crippen molar-refractivity contribution in [1.29, 1.82) is 0 Å². The van der Waals surface area contributed by atoms with Crippen molar-refractivity contribution >= 4 is 35.0 Å². The summed E-state index contributed by atoms with van der Waals surface area (Å²) >= 11 is 14.2. The second kappa shape index (κ2) is 8.35. The van der Waals surface area contributed by atoms with Crippen molar-refractivity contribution in [2.75, 3.05) is 0 Å². The molecule has 2 aromatic carbocycles. The molecule has 4 nitrogen and oxygen atoms in total. The maximum Gasteiger partial charge on any atom is 0.196 e. The average Bonchev–Trinajstić information content (AvgIpc) is 3.13. The monoisotopic (exact) mass is 426 g/mol. The Morgan fingerprint density at radius 1 is 0.929 bits per heavy atom. The topological polar surface area (TPSA) is 43.6 Å². The van der Waals surface area contributed by atoms with Gasteiger partial charge in [-0.2, -0.15) is 0 Å². The Bertz CT molecular complexity index is 1080. The zero-order chi connectivity index (χ0) is 19.5. The van der Waals surface area contributed by atoms with Crippen molar-refractivity contribution in [2.24, 2.45) is 0 Å². The molecule has 0 aliphatic carbocycles. The van der Waals surface area contributed by atoms with Gasteiger partial charge >= 0.3 is 0 Å². The van der Waals surface area contributed by atoms with Crippen LogP contribution in [0.4, 0.5) is 0 Å². The molecule has 4 aromatic rings. The molecule has 0 atom stereocenters. The normalized spacial score (nSPS) is 11.0. The van der Waals surface area contributed by atoms with Crippen molar-refractivity contribution in [3.8, 4) is 17.1 Å². The lowest BCUT2D eigenvalue weighted by atomic mass is 10.2. The van der Waals surface area contributed by atoms with E-state index in [0.29, 0.717) is 15.8 Å². The van der Waals surface area contributed by atoms with Crippen LogP contribution in [0.5, 0.6) is 0 Å². The molecule has 140 valence electrons. The third kappa shape index (κ3) is 3.92. The summed E-state index contributed by atoms with van der Waals surface area (Å²) in [5.41, 5.74) is 3.97. The van der Waals surface area contributed by atoms with Crippen molar-refractivity contribution in [2.45, 2.75) is 17.8 Å². The minimum Gasteiger partial charge on any atom is -0.270 e. The Morgan fingerprint density at radius 3 is 2.36 bits per heavy atom. The molecule has 0 unspecified atom stereocenters. The number of rotatable bonds is 5. The number of aromatic nitrogens is 4. The summed E-state index contributed by atoms with van der Waals surface area (Å²) in [6, 6.07) is 17.7. The number of pyridine rings is 1. The second-order valence-electron chi connectivity index (χ2n) is 6.21. The van der Waals surface area contributed by atoms with E-state index in [2.05, 4.69) is 46.4 Å². The predicted octanol–water partition coefficient (Wildman–Crippen LogP) is 6.24. The van der Waals surface area contributed by atoms with Gasteiger partial charge in [-0.1, -0.05) is 58.7 Å². The summed E-state index contributed by atoms with van der Waals surface area (Å²) in [5.74, 6) is 1.33. The molecule has 0 N–H and O–H groups in total. The highest BCUT2D eigenvalue weighted by molar-refractivity contribution is 7.98. The first kappa shape index (κ1) is 19.0. The van der Waals surface area contributed by atoms with Crippen molar-refractivity contribution in [3.05, 3.63) is 88.2 Å². The average molecular weight is 427 g/mol. The van der Waals surface area contributed by atoms with Gasteiger partial charge in [-0.05, 0) is 48.9 Å². The fraction of sp³-hybridized carbons (Fsp3) is 0.0952. The summed E-state index contributed by atoms with van der Waals surface area (Å²) < 4.78 is 2.03. The molecule has 0 radical (unpaired) electrons. The van der Waals surface area contributed by atoms with Gasteiger partial charge < -0.3 is 0 Å². The van der Waals surface area contributed by atoms with Crippen LogP contribution in [0.2, 0.25) is 10.0 Å². The van der Waals surface area contributed by atoms with Gasteiger partial charge in [-0.3, -0.25) is 9.55 Å². The third-order valence-electron chi connectivity index (χ3n) is 4.25. The predicted molar refractivity (Wildman–Crippen MR) is 115 cm³/mol. The minimum absolute atomic E-state index is 0.593. The minimum atomic E-state index is 0.593. The van der Waals surface area contributed by atoms with E-state index < -0.39 is 0 Å². The molecular formula is C21H16Cl2N4S. The summed E-state index contributed by atoms with van der Waals surface area (Å²) in [6.07, 6.45) is 3.53. The molecule has 0 saturated heterocycles. The number of halogens is 2. The molecule has 7 heteroatoms. The van der Waals surface area contributed by atoms with Gasteiger partial charge in [0.25, 0.3) is 0 Å². The van der Waals surface area contributed by atoms with Crippen LogP contribution in [-0.2, 0) is 5.75 Å². The number of benzene rings is 2. The Hall–Kier alpha value is -2.34. The number of thioether (sulfide) groups is 1. The van der Waals surface area contributed by atoms with Crippen molar-refractivity contribution < 1.29 is 0 Å². The van der Waals surface area contributed by atoms with Crippen LogP contribution in [-0.4, -0.2) is 19.7 Å². The highest BCUT2D eigenvalue weighted by atomic mass is 35.5. The van der Waals surface area contributed by atoms with E-state index in [4.69, 9.17) is 23.2 Å². The van der Waals surface area contributed by atoms with E-state index in [1.807, 2.05) is 34.9 Å². The van der Waals surface area contributed by atoms with E-state index >= 15 is 0 Å². The molecule has 0 aliphatic heterocycles. The lowest BCUT2D eigenvalue weighted by Crippen LogP contribution is -2.00. The fourth-order valence-corrected chi connectivity index (χ4v) is 4.47. The van der Waals surface area contributed by atoms with Gasteiger partial charge in [-0.25, -0.2) is 0 Å². The molecule has 0 saturated carbocycles. The quantitative estimate of drug-likeness (QED) is 0.354. The van der Waals surface area contributed by atoms with Gasteiger partial charge in [-0.15, -0.1) is 10.2 Å². The van der Waals surface area contributed by atoms with Crippen LogP contribution in [0.15, 0.2) is 72.1 Å². The van der Waals surface area contributed by atoms with Gasteiger partial charge in [0.15, 0.2) is 11.0 Å². The molecule has 2 heterocycles. The molecule has 0 aliphatic rings. The Kier molecular flexibility index (Phi) is 5.67. The zero-order valence-electron chi connectivity index (χ0n) is 15.0. The maximum atomic E-state index is 6.32. The van der Waals surface area contributed by atoms with E-state index in [1.165, 1.54) is 5.56 Å². The van der Waals surface area contributed by atoms with Crippen LogP contribution >= 0.6 is 35.0 Å². The standard InChI is InChI=1S/C21H16Cl2N4S/c1-14-7-9-16(10-8-14)27-20(15-4-3-11-24-12-15)25-26-21(27)28-13-17-18(22)5-2-6-19(17)23/h2-12H,13H2,1H3. The van der Waals surface area contributed by atoms with Crippen LogP contribution < -0.4 is 0 Å². The van der Waals surface area contributed by atoms with Gasteiger partial charge in [0, 0.05) is 39.4 Å². The molecular weight excluding hydrogens is 411 g/mol. The third-order valence-corrected chi connectivity index (χ3v) is 5.92. The number of aryl methyl sites for hydroxylation is 1. The van der Waals surface area contributed by atoms with Crippen LogP contribution in [0, 0.1) is 6.92 Å². The van der Waals surface area contributed by atoms with E-state index in [-0.39, 0.29) is 0 Å². The highest BCUT2D eigenvalue weighted by Gasteiger charge is 2.17. The highest BCUT2D eigenvalue weighted by Crippen LogP contribution is 2.33. The Balaban J connectivity index is 1.75. The van der Waals surface area contributed by atoms with Crippen molar-refractivity contribution in [1.82, 2.24) is 19.7 Å². The van der Waals surface area contributed by atoms with E-state index in [9.17, 15) is 0 Å². The smallest absolute Gasteiger partial charge is 0.196 e. The summed E-state index contributed by atoms with van der Waals surface area (Å²) in [4.78, 5) is 4.21. The lowest BCUT2D eigenvalue weighted by molar-refractivity contribution is 0.885. The molecule has 0 fully saturated rings. The number of hydrogen-bond acceptors (Lipinski definition) is 4. The Labute approximate surface area is 177 Å². The maximum absolute atomic E-state index is 6.32. The molecule has 28 heavy (non-hydrogen) atoms. The first-order valence-corrected chi connectivity index (χ1v) is 10.4. The number of hydrogen-bond donors (Lipinski definition) is 0. The first-order valence-electron chi connectivity index (χ1n) is 8.62. The first-order chi connectivity index (χ1) is 13.6. The van der Waals surface area contributed by atoms with Crippen LogP contribution in [0.1, 0.15) is 11.1 Å².